The molecule has 338 valence electrons. The van der Waals surface area contributed by atoms with Gasteiger partial charge in [0.1, 0.15) is 12.1 Å². The molecule has 15 nitrogen and oxygen atoms in total. The van der Waals surface area contributed by atoms with Crippen LogP contribution in [-0.4, -0.2) is 78.3 Å². The summed E-state index contributed by atoms with van der Waals surface area (Å²) in [5.74, 6) is -3.90. The Hall–Kier alpha value is -5.67. The van der Waals surface area contributed by atoms with E-state index in [1.807, 2.05) is 13.8 Å². The molecular formula is C47H65N5O10. The monoisotopic (exact) mass is 859 g/mol. The number of nitrogens with one attached hydrogen (secondary N) is 4. The highest BCUT2D eigenvalue weighted by molar-refractivity contribution is 5.94. The quantitative estimate of drug-likeness (QED) is 0.0524. The molecule has 0 radical (unpaired) electrons. The van der Waals surface area contributed by atoms with Gasteiger partial charge in [0.15, 0.2) is 23.4 Å². The first-order valence-electron chi connectivity index (χ1n) is 21.7. The Labute approximate surface area is 364 Å². The second kappa shape index (κ2) is 24.7. The minimum absolute atomic E-state index is 0.0123. The number of hydrogen-bond acceptors (Lipinski definition) is 11. The van der Waals surface area contributed by atoms with Crippen molar-refractivity contribution in [3.63, 3.8) is 0 Å². The van der Waals surface area contributed by atoms with Crippen molar-refractivity contribution in [1.82, 2.24) is 16.0 Å². The van der Waals surface area contributed by atoms with Crippen LogP contribution in [0, 0.1) is 5.92 Å². The van der Waals surface area contributed by atoms with Crippen LogP contribution in [0.25, 0.3) is 0 Å². The second-order valence-electron chi connectivity index (χ2n) is 16.3. The highest BCUT2D eigenvalue weighted by Crippen LogP contribution is 2.43. The summed E-state index contributed by atoms with van der Waals surface area (Å²) in [4.78, 5) is 68.5. The standard InChI is InChI=1S/C47H65N5O10/c1-6-7-8-9-10-11-12-13-17-20-40(54)49-34-25-31-21-22-38(34)62-39-28-32(27-37(53)43(39)60-4)41(42(55)47(59)61-5)52-46(58)35(24-30-18-15-14-16-19-30)51-45(57)36(26-31)50-44(56)33(48)23-29(2)3/h14-16,18-19,21-22,25,27-29,33,35-36,41-42,53,55H,6-13,17,20,23-24,26,48H2,1-5H3,(H,49,54)(H,50,56)(H,51,57)(H,52,58)/t33-,35+,36-,41-,42+/m1/s1. The molecule has 0 saturated carbocycles. The number of hydrogen-bond donors (Lipinski definition) is 7. The Kier molecular flexibility index (Phi) is 19.5. The van der Waals surface area contributed by atoms with Crippen LogP contribution >= 0.6 is 0 Å². The van der Waals surface area contributed by atoms with Gasteiger partial charge in [0.05, 0.1) is 32.0 Å². The normalized spacial score (nSPS) is 17.6. The van der Waals surface area contributed by atoms with E-state index in [0.717, 1.165) is 26.4 Å². The van der Waals surface area contributed by atoms with E-state index < -0.39 is 59.7 Å². The number of aliphatic hydroxyl groups is 1. The second-order valence-corrected chi connectivity index (χ2v) is 16.3. The third kappa shape index (κ3) is 14.8. The van der Waals surface area contributed by atoms with Gasteiger partial charge in [-0.3, -0.25) is 19.2 Å². The smallest absolute Gasteiger partial charge is 0.337 e. The van der Waals surface area contributed by atoms with E-state index in [1.165, 1.54) is 51.3 Å². The summed E-state index contributed by atoms with van der Waals surface area (Å²) in [6.07, 6.45) is 8.24. The van der Waals surface area contributed by atoms with Crippen molar-refractivity contribution >= 4 is 35.3 Å². The molecule has 3 aromatic rings. The van der Waals surface area contributed by atoms with E-state index in [0.29, 0.717) is 24.0 Å². The van der Waals surface area contributed by atoms with Gasteiger partial charge in [-0.15, -0.1) is 0 Å². The van der Waals surface area contributed by atoms with Gasteiger partial charge in [0, 0.05) is 19.3 Å². The molecule has 0 unspecified atom stereocenters. The van der Waals surface area contributed by atoms with Crippen molar-refractivity contribution in [1.29, 1.82) is 0 Å². The number of carbonyl (C=O) groups is 5. The van der Waals surface area contributed by atoms with Crippen molar-refractivity contribution in [3.8, 4) is 23.0 Å². The SMILES string of the molecule is CCCCCCCCCCCC(=O)Nc1cc2ccc1Oc1cc(cc(O)c1OC)[C@H]([C@H](O)C(=O)OC)NC(=O)[C@H](Cc1ccccc1)NC(=O)[C@H](NC(=O)[C@H](N)CC(C)C)C2. The maximum atomic E-state index is 14.4. The van der Waals surface area contributed by atoms with Gasteiger partial charge >= 0.3 is 5.97 Å². The number of benzene rings is 3. The van der Waals surface area contributed by atoms with Crippen LogP contribution in [0.4, 0.5) is 5.69 Å². The van der Waals surface area contributed by atoms with Crippen molar-refractivity contribution in [3.05, 3.63) is 77.4 Å². The Bertz CT molecular complexity index is 1960. The Morgan fingerprint density at radius 2 is 1.56 bits per heavy atom. The molecule has 15 heteroatoms. The lowest BCUT2D eigenvalue weighted by Gasteiger charge is -2.29. The fourth-order valence-corrected chi connectivity index (χ4v) is 7.41. The zero-order valence-electron chi connectivity index (χ0n) is 36.7. The Morgan fingerprint density at radius 3 is 2.21 bits per heavy atom. The van der Waals surface area contributed by atoms with Gasteiger partial charge in [0.25, 0.3) is 0 Å². The molecule has 0 aliphatic carbocycles. The molecule has 0 saturated heterocycles. The summed E-state index contributed by atoms with van der Waals surface area (Å²) < 4.78 is 16.7. The van der Waals surface area contributed by atoms with Gasteiger partial charge < -0.3 is 51.4 Å². The van der Waals surface area contributed by atoms with E-state index in [2.05, 4.69) is 28.2 Å². The van der Waals surface area contributed by atoms with E-state index >= 15 is 0 Å². The molecule has 4 amide bonds. The van der Waals surface area contributed by atoms with Crippen LogP contribution in [0.5, 0.6) is 23.0 Å². The zero-order valence-corrected chi connectivity index (χ0v) is 36.7. The van der Waals surface area contributed by atoms with Crippen LogP contribution in [0.2, 0.25) is 0 Å². The van der Waals surface area contributed by atoms with E-state index in [4.69, 9.17) is 19.9 Å². The van der Waals surface area contributed by atoms with Crippen LogP contribution < -0.4 is 36.5 Å². The number of unbranched alkanes of at least 4 members (excludes halogenated alkanes) is 8. The fraction of sp³-hybridized carbons (Fsp3) is 0.511. The summed E-state index contributed by atoms with van der Waals surface area (Å²) in [5.41, 5.74) is 7.69. The molecular weight excluding hydrogens is 795 g/mol. The molecule has 0 spiro atoms. The van der Waals surface area contributed by atoms with Crippen molar-refractivity contribution in [2.45, 2.75) is 135 Å². The van der Waals surface area contributed by atoms with Gasteiger partial charge in [-0.25, -0.2) is 4.79 Å². The van der Waals surface area contributed by atoms with E-state index in [1.54, 1.807) is 48.5 Å². The number of esters is 1. The summed E-state index contributed by atoms with van der Waals surface area (Å²) in [7, 11) is 2.38. The van der Waals surface area contributed by atoms with Gasteiger partial charge in [-0.05, 0) is 59.7 Å². The van der Waals surface area contributed by atoms with Gasteiger partial charge in [-0.1, -0.05) is 109 Å². The highest BCUT2D eigenvalue weighted by Gasteiger charge is 2.36. The molecule has 3 aromatic carbocycles. The number of amides is 4. The van der Waals surface area contributed by atoms with Crippen LogP contribution in [0.15, 0.2) is 60.7 Å². The van der Waals surface area contributed by atoms with Crippen molar-refractivity contribution in [2.75, 3.05) is 19.5 Å². The molecule has 8 N–H and O–H groups in total. The maximum absolute atomic E-state index is 14.4. The molecule has 0 fully saturated rings. The molecule has 4 bridgehead atoms. The lowest BCUT2D eigenvalue weighted by atomic mass is 9.97. The average molecular weight is 860 g/mol. The molecule has 5 rings (SSSR count). The lowest BCUT2D eigenvalue weighted by molar-refractivity contribution is -0.152. The molecule has 2 aliphatic rings. The first-order valence-corrected chi connectivity index (χ1v) is 21.7. The Balaban J connectivity index is 1.80. The van der Waals surface area contributed by atoms with Crippen molar-refractivity contribution in [2.24, 2.45) is 11.7 Å². The average Bonchev–Trinajstić information content (AvgIpc) is 3.24. The number of ether oxygens (including phenoxy) is 3. The number of aromatic hydroxyl groups is 1. The number of carbonyl (C=O) groups excluding carboxylic acids is 5. The fourth-order valence-electron chi connectivity index (χ4n) is 7.41. The first kappa shape index (κ1) is 49.0. The largest absolute Gasteiger partial charge is 0.504 e. The minimum atomic E-state index is -2.00. The van der Waals surface area contributed by atoms with Gasteiger partial charge in [-0.2, -0.15) is 0 Å². The van der Waals surface area contributed by atoms with Crippen LogP contribution in [-0.2, 0) is 41.6 Å². The zero-order chi connectivity index (χ0) is 45.2. The minimum Gasteiger partial charge on any atom is -0.504 e. The number of methoxy groups -OCH3 is 2. The number of phenolic OH excluding ortho intramolecular Hbond substituents is 1. The summed E-state index contributed by atoms with van der Waals surface area (Å²) in [5, 5.41) is 33.7. The predicted octanol–water partition coefficient (Wildman–Crippen LogP) is 5.89. The number of aliphatic hydroxyl groups excluding tert-OH is 1. The Morgan fingerprint density at radius 1 is 0.887 bits per heavy atom. The molecule has 2 heterocycles. The van der Waals surface area contributed by atoms with E-state index in [-0.39, 0.29) is 59.6 Å². The summed E-state index contributed by atoms with van der Waals surface area (Å²) in [6, 6.07) is 11.2. The van der Waals surface area contributed by atoms with Gasteiger partial charge in [0.2, 0.25) is 29.4 Å². The lowest BCUT2D eigenvalue weighted by Crippen LogP contribution is -2.57. The number of fused-ring (bicyclic) bond motifs is 9. The van der Waals surface area contributed by atoms with Crippen LogP contribution in [0.3, 0.4) is 0 Å². The first-order chi connectivity index (χ1) is 29.7. The maximum Gasteiger partial charge on any atom is 0.337 e. The molecule has 0 aromatic heterocycles. The third-order valence-electron chi connectivity index (χ3n) is 10.8. The molecule has 5 atom stereocenters. The number of nitrogens with two attached hydrogens (primary N) is 1. The summed E-state index contributed by atoms with van der Waals surface area (Å²) in [6.45, 7) is 6.04. The van der Waals surface area contributed by atoms with E-state index in [9.17, 15) is 34.2 Å². The number of rotatable bonds is 20. The highest BCUT2D eigenvalue weighted by atomic mass is 16.5. The third-order valence-corrected chi connectivity index (χ3v) is 10.8. The number of anilines is 1. The summed E-state index contributed by atoms with van der Waals surface area (Å²) >= 11 is 0. The van der Waals surface area contributed by atoms with Crippen LogP contribution in [0.1, 0.15) is 114 Å². The van der Waals surface area contributed by atoms with Crippen molar-refractivity contribution < 1.29 is 48.4 Å². The predicted molar refractivity (Wildman–Crippen MR) is 236 cm³/mol. The molecule has 62 heavy (non-hydrogen) atoms. The molecule has 2 aliphatic heterocycles. The topological polar surface area (TPSA) is 228 Å². The number of phenols is 1.